The van der Waals surface area contributed by atoms with E-state index in [-0.39, 0.29) is 5.92 Å². The van der Waals surface area contributed by atoms with Crippen molar-refractivity contribution in [2.24, 2.45) is 5.92 Å². The number of hydrogen-bond donors (Lipinski definition) is 1. The molecule has 1 aliphatic rings. The largest absolute Gasteiger partial charge is 0.387 e. The van der Waals surface area contributed by atoms with E-state index in [1.54, 1.807) is 6.20 Å². The van der Waals surface area contributed by atoms with E-state index in [1.165, 1.54) is 0 Å². The molecule has 1 unspecified atom stereocenters. The van der Waals surface area contributed by atoms with Gasteiger partial charge in [-0.15, -0.1) is 0 Å². The van der Waals surface area contributed by atoms with E-state index >= 15 is 0 Å². The van der Waals surface area contributed by atoms with Crippen LogP contribution in [0.25, 0.3) is 5.69 Å². The number of benzene rings is 1. The maximum absolute atomic E-state index is 10.6. The second-order valence-electron chi connectivity index (χ2n) is 4.90. The van der Waals surface area contributed by atoms with Gasteiger partial charge in [0.2, 0.25) is 0 Å². The highest BCUT2D eigenvalue weighted by Crippen LogP contribution is 2.30. The van der Waals surface area contributed by atoms with Crippen LogP contribution in [0.5, 0.6) is 0 Å². The average molecular weight is 258 g/mol. The minimum atomic E-state index is -0.480. The van der Waals surface area contributed by atoms with Gasteiger partial charge in [0.05, 0.1) is 17.5 Å². The minimum absolute atomic E-state index is 0.257. The van der Waals surface area contributed by atoms with Crippen LogP contribution in [0.2, 0.25) is 0 Å². The van der Waals surface area contributed by atoms with Gasteiger partial charge in [-0.1, -0.05) is 18.2 Å². The number of aliphatic hydroxyl groups excluding tert-OH is 1. The lowest BCUT2D eigenvalue weighted by Gasteiger charge is -2.27. The summed E-state index contributed by atoms with van der Waals surface area (Å²) in [5.41, 5.74) is 1.84. The number of para-hydroxylation sites is 1. The van der Waals surface area contributed by atoms with Gasteiger partial charge in [-0.2, -0.15) is 5.10 Å². The van der Waals surface area contributed by atoms with Crippen LogP contribution in [0.4, 0.5) is 0 Å². The molecule has 4 nitrogen and oxygen atoms in total. The fourth-order valence-corrected chi connectivity index (χ4v) is 2.60. The van der Waals surface area contributed by atoms with Crippen molar-refractivity contribution < 1.29 is 9.84 Å². The van der Waals surface area contributed by atoms with E-state index in [4.69, 9.17) is 4.74 Å². The molecular formula is C15H18N2O2. The summed E-state index contributed by atoms with van der Waals surface area (Å²) in [7, 11) is 0. The predicted octanol–water partition coefficient (Wildman–Crippen LogP) is 2.33. The first-order chi connectivity index (χ1) is 9.36. The summed E-state index contributed by atoms with van der Waals surface area (Å²) in [5, 5.41) is 14.9. The van der Waals surface area contributed by atoms with Gasteiger partial charge in [0.1, 0.15) is 0 Å². The van der Waals surface area contributed by atoms with Crippen LogP contribution in [0, 0.1) is 5.92 Å². The van der Waals surface area contributed by atoms with Crippen molar-refractivity contribution in [1.29, 1.82) is 0 Å². The third-order valence-electron chi connectivity index (χ3n) is 3.69. The summed E-state index contributed by atoms with van der Waals surface area (Å²) in [4.78, 5) is 0. The molecule has 2 aromatic rings. The summed E-state index contributed by atoms with van der Waals surface area (Å²) >= 11 is 0. The molecule has 1 N–H and O–H groups in total. The molecular weight excluding hydrogens is 240 g/mol. The topological polar surface area (TPSA) is 47.3 Å². The van der Waals surface area contributed by atoms with Crippen LogP contribution in [0.3, 0.4) is 0 Å². The highest BCUT2D eigenvalue weighted by Gasteiger charge is 2.26. The lowest BCUT2D eigenvalue weighted by atomic mass is 9.92. The van der Waals surface area contributed by atoms with Crippen LogP contribution in [-0.4, -0.2) is 28.1 Å². The maximum Gasteiger partial charge on any atom is 0.0990 e. The first-order valence-corrected chi connectivity index (χ1v) is 6.71. The Morgan fingerprint density at radius 2 is 1.89 bits per heavy atom. The Balaban J connectivity index is 1.87. The molecule has 1 aromatic carbocycles. The number of nitrogens with zero attached hydrogens (tertiary/aromatic N) is 2. The molecule has 1 aromatic heterocycles. The summed E-state index contributed by atoms with van der Waals surface area (Å²) < 4.78 is 7.17. The molecule has 2 heterocycles. The van der Waals surface area contributed by atoms with Crippen LogP contribution in [0.15, 0.2) is 42.6 Å². The molecule has 1 fully saturated rings. The average Bonchev–Trinajstić information content (AvgIpc) is 2.98. The van der Waals surface area contributed by atoms with Gasteiger partial charge in [-0.25, -0.2) is 4.68 Å². The Bertz CT molecular complexity index is 518. The highest BCUT2D eigenvalue weighted by atomic mass is 16.5. The van der Waals surface area contributed by atoms with E-state index in [9.17, 15) is 5.11 Å². The lowest BCUT2D eigenvalue weighted by molar-refractivity contribution is 0.00469. The Labute approximate surface area is 112 Å². The predicted molar refractivity (Wildman–Crippen MR) is 72.1 cm³/mol. The molecule has 0 radical (unpaired) electrons. The standard InChI is InChI=1S/C15H18N2O2/c18-15(12-7-10-19-11-8-12)14-6-9-16-17(14)13-4-2-1-3-5-13/h1-6,9,12,15,18H,7-8,10-11H2. The normalized spacial score (nSPS) is 18.4. The summed E-state index contributed by atoms with van der Waals surface area (Å²) in [6, 6.07) is 11.8. The molecule has 3 rings (SSSR count). The van der Waals surface area contributed by atoms with Gasteiger partial charge >= 0.3 is 0 Å². The van der Waals surface area contributed by atoms with Gasteiger partial charge < -0.3 is 9.84 Å². The first-order valence-electron chi connectivity index (χ1n) is 6.71. The zero-order chi connectivity index (χ0) is 13.1. The van der Waals surface area contributed by atoms with E-state index < -0.39 is 6.10 Å². The molecule has 1 aliphatic heterocycles. The minimum Gasteiger partial charge on any atom is -0.387 e. The fraction of sp³-hybridized carbons (Fsp3) is 0.400. The van der Waals surface area contributed by atoms with E-state index in [0.29, 0.717) is 0 Å². The van der Waals surface area contributed by atoms with Crippen LogP contribution in [-0.2, 0) is 4.74 Å². The quantitative estimate of drug-likeness (QED) is 0.919. The number of aliphatic hydroxyl groups is 1. The van der Waals surface area contributed by atoms with Crippen LogP contribution >= 0.6 is 0 Å². The van der Waals surface area contributed by atoms with Crippen molar-refractivity contribution in [3.8, 4) is 5.69 Å². The highest BCUT2D eigenvalue weighted by molar-refractivity contribution is 5.32. The number of hydrogen-bond acceptors (Lipinski definition) is 3. The molecule has 0 saturated carbocycles. The maximum atomic E-state index is 10.6. The lowest BCUT2D eigenvalue weighted by Crippen LogP contribution is -2.23. The summed E-state index contributed by atoms with van der Waals surface area (Å²) in [6.07, 6.45) is 3.07. The van der Waals surface area contributed by atoms with Crippen molar-refractivity contribution in [3.05, 3.63) is 48.3 Å². The molecule has 19 heavy (non-hydrogen) atoms. The summed E-state index contributed by atoms with van der Waals surface area (Å²) in [6.45, 7) is 1.47. The summed E-state index contributed by atoms with van der Waals surface area (Å²) in [5.74, 6) is 0.257. The molecule has 1 saturated heterocycles. The zero-order valence-corrected chi connectivity index (χ0v) is 10.8. The van der Waals surface area contributed by atoms with Gasteiger partial charge in [-0.05, 0) is 37.0 Å². The van der Waals surface area contributed by atoms with Crippen molar-refractivity contribution in [1.82, 2.24) is 9.78 Å². The molecule has 0 spiro atoms. The molecule has 1 atom stereocenters. The number of ether oxygens (including phenoxy) is 1. The first kappa shape index (κ1) is 12.4. The second kappa shape index (κ2) is 5.55. The third-order valence-corrected chi connectivity index (χ3v) is 3.69. The van der Waals surface area contributed by atoms with E-state index in [2.05, 4.69) is 5.10 Å². The Morgan fingerprint density at radius 1 is 1.16 bits per heavy atom. The van der Waals surface area contributed by atoms with Crippen molar-refractivity contribution in [3.63, 3.8) is 0 Å². The second-order valence-corrected chi connectivity index (χ2v) is 4.90. The van der Waals surface area contributed by atoms with Crippen molar-refractivity contribution >= 4 is 0 Å². The zero-order valence-electron chi connectivity index (χ0n) is 10.8. The van der Waals surface area contributed by atoms with Gasteiger partial charge in [-0.3, -0.25) is 0 Å². The van der Waals surface area contributed by atoms with Gasteiger partial charge in [0, 0.05) is 19.4 Å². The van der Waals surface area contributed by atoms with Crippen molar-refractivity contribution in [2.45, 2.75) is 18.9 Å². The van der Waals surface area contributed by atoms with E-state index in [0.717, 1.165) is 37.4 Å². The molecule has 0 aliphatic carbocycles. The number of rotatable bonds is 3. The Hall–Kier alpha value is -1.65. The molecule has 0 amide bonds. The Morgan fingerprint density at radius 3 is 2.63 bits per heavy atom. The van der Waals surface area contributed by atoms with Gasteiger partial charge in [0.25, 0.3) is 0 Å². The van der Waals surface area contributed by atoms with E-state index in [1.807, 2.05) is 41.1 Å². The fourth-order valence-electron chi connectivity index (χ4n) is 2.60. The molecule has 4 heteroatoms. The Kier molecular flexibility index (Phi) is 3.62. The SMILES string of the molecule is OC(c1ccnn1-c1ccccc1)C1CCOCC1. The third kappa shape index (κ3) is 2.55. The monoisotopic (exact) mass is 258 g/mol. The molecule has 0 bridgehead atoms. The van der Waals surface area contributed by atoms with Gasteiger partial charge in [0.15, 0.2) is 0 Å². The number of aromatic nitrogens is 2. The smallest absolute Gasteiger partial charge is 0.0990 e. The van der Waals surface area contributed by atoms with Crippen LogP contribution < -0.4 is 0 Å². The molecule has 100 valence electrons. The van der Waals surface area contributed by atoms with Crippen molar-refractivity contribution in [2.75, 3.05) is 13.2 Å². The van der Waals surface area contributed by atoms with Crippen LogP contribution in [0.1, 0.15) is 24.6 Å².